The van der Waals surface area contributed by atoms with Gasteiger partial charge in [-0.05, 0) is 70.0 Å². The molecule has 2 nitrogen and oxygen atoms in total. The number of hydrogen-bond donors (Lipinski definition) is 1. The van der Waals surface area contributed by atoms with E-state index in [0.717, 1.165) is 18.5 Å². The van der Waals surface area contributed by atoms with Crippen LogP contribution in [0.25, 0.3) is 0 Å². The van der Waals surface area contributed by atoms with Gasteiger partial charge in [0.15, 0.2) is 0 Å². The summed E-state index contributed by atoms with van der Waals surface area (Å²) in [7, 11) is 0. The van der Waals surface area contributed by atoms with Gasteiger partial charge < -0.3 is 10.6 Å². The molecule has 0 aliphatic rings. The van der Waals surface area contributed by atoms with Crippen LogP contribution in [-0.2, 0) is 0 Å². The highest BCUT2D eigenvalue weighted by Crippen LogP contribution is 2.32. The van der Waals surface area contributed by atoms with E-state index in [1.54, 1.807) is 0 Å². The molecule has 0 aliphatic heterocycles. The van der Waals surface area contributed by atoms with Crippen LogP contribution in [0.15, 0.2) is 0 Å². The van der Waals surface area contributed by atoms with Gasteiger partial charge in [-0.15, -0.1) is 0 Å². The molecule has 2 heteroatoms. The second-order valence-electron chi connectivity index (χ2n) is 7.43. The third-order valence-corrected chi connectivity index (χ3v) is 4.75. The zero-order valence-electron chi connectivity index (χ0n) is 15.0. The Balaban J connectivity index is 4.25. The normalized spacial score (nSPS) is 15.6. The van der Waals surface area contributed by atoms with E-state index >= 15 is 0 Å². The van der Waals surface area contributed by atoms with Crippen molar-refractivity contribution in [3.05, 3.63) is 0 Å². The second-order valence-corrected chi connectivity index (χ2v) is 7.43. The van der Waals surface area contributed by atoms with E-state index < -0.39 is 0 Å². The first-order valence-electron chi connectivity index (χ1n) is 8.80. The van der Waals surface area contributed by atoms with Gasteiger partial charge in [0.2, 0.25) is 0 Å². The number of nitrogens with zero attached hydrogens (tertiary/aromatic N) is 1. The molecule has 0 rings (SSSR count). The van der Waals surface area contributed by atoms with Gasteiger partial charge in [-0.25, -0.2) is 0 Å². The SMILES string of the molecule is CCCCN(CCCC(CCN)C(C)(C)C)C(C)CC. The Hall–Kier alpha value is -0.0800. The van der Waals surface area contributed by atoms with Crippen LogP contribution in [0, 0.1) is 11.3 Å². The van der Waals surface area contributed by atoms with Crippen molar-refractivity contribution < 1.29 is 0 Å². The van der Waals surface area contributed by atoms with Crippen molar-refractivity contribution in [3.63, 3.8) is 0 Å². The molecule has 0 aliphatic carbocycles. The van der Waals surface area contributed by atoms with Crippen LogP contribution < -0.4 is 5.73 Å². The lowest BCUT2D eigenvalue weighted by Crippen LogP contribution is -2.35. The lowest BCUT2D eigenvalue weighted by atomic mass is 9.76. The molecule has 20 heavy (non-hydrogen) atoms. The largest absolute Gasteiger partial charge is 0.330 e. The molecule has 2 N–H and O–H groups in total. The summed E-state index contributed by atoms with van der Waals surface area (Å²) in [5.41, 5.74) is 6.18. The van der Waals surface area contributed by atoms with E-state index in [2.05, 4.69) is 46.4 Å². The highest BCUT2D eigenvalue weighted by Gasteiger charge is 2.23. The number of hydrogen-bond acceptors (Lipinski definition) is 2. The van der Waals surface area contributed by atoms with Crippen LogP contribution in [0.3, 0.4) is 0 Å². The van der Waals surface area contributed by atoms with Gasteiger partial charge in [0.25, 0.3) is 0 Å². The van der Waals surface area contributed by atoms with Crippen LogP contribution >= 0.6 is 0 Å². The monoisotopic (exact) mass is 284 g/mol. The Morgan fingerprint density at radius 2 is 1.60 bits per heavy atom. The highest BCUT2D eigenvalue weighted by atomic mass is 15.1. The molecular formula is C18H40N2. The predicted octanol–water partition coefficient (Wildman–Crippen LogP) is 4.68. The molecule has 0 aromatic heterocycles. The first-order valence-corrected chi connectivity index (χ1v) is 8.80. The van der Waals surface area contributed by atoms with E-state index in [9.17, 15) is 0 Å². The summed E-state index contributed by atoms with van der Waals surface area (Å²) >= 11 is 0. The number of nitrogens with two attached hydrogens (primary N) is 1. The Bertz CT molecular complexity index is 220. The van der Waals surface area contributed by atoms with Crippen LogP contribution in [0.5, 0.6) is 0 Å². The van der Waals surface area contributed by atoms with E-state index in [4.69, 9.17) is 5.73 Å². The Morgan fingerprint density at radius 3 is 2.05 bits per heavy atom. The minimum Gasteiger partial charge on any atom is -0.330 e. The smallest absolute Gasteiger partial charge is 0.00643 e. The topological polar surface area (TPSA) is 29.3 Å². The van der Waals surface area contributed by atoms with E-state index in [1.165, 1.54) is 51.6 Å². The van der Waals surface area contributed by atoms with Gasteiger partial charge in [-0.1, -0.05) is 41.0 Å². The summed E-state index contributed by atoms with van der Waals surface area (Å²) in [5.74, 6) is 0.762. The minimum atomic E-state index is 0.393. The van der Waals surface area contributed by atoms with Crippen molar-refractivity contribution >= 4 is 0 Å². The molecule has 0 aromatic rings. The maximum absolute atomic E-state index is 5.78. The zero-order chi connectivity index (χ0) is 15.6. The molecule has 0 heterocycles. The summed E-state index contributed by atoms with van der Waals surface area (Å²) in [5, 5.41) is 0. The fourth-order valence-corrected chi connectivity index (χ4v) is 2.92. The van der Waals surface area contributed by atoms with Crippen molar-refractivity contribution in [2.75, 3.05) is 19.6 Å². The van der Waals surface area contributed by atoms with Crippen LogP contribution in [-0.4, -0.2) is 30.6 Å². The summed E-state index contributed by atoms with van der Waals surface area (Å²) in [6.07, 6.45) is 7.69. The van der Waals surface area contributed by atoms with Gasteiger partial charge in [0.1, 0.15) is 0 Å². The molecule has 0 fully saturated rings. The quantitative estimate of drug-likeness (QED) is 0.597. The fraction of sp³-hybridized carbons (Fsp3) is 1.00. The summed E-state index contributed by atoms with van der Waals surface area (Å²) < 4.78 is 0. The molecular weight excluding hydrogens is 244 g/mol. The van der Waals surface area contributed by atoms with Gasteiger partial charge in [0, 0.05) is 6.04 Å². The van der Waals surface area contributed by atoms with Crippen LogP contribution in [0.4, 0.5) is 0 Å². The van der Waals surface area contributed by atoms with Crippen molar-refractivity contribution in [2.45, 2.75) is 86.1 Å². The molecule has 0 radical (unpaired) electrons. The van der Waals surface area contributed by atoms with Gasteiger partial charge in [-0.2, -0.15) is 0 Å². The molecule has 0 bridgehead atoms. The van der Waals surface area contributed by atoms with Crippen molar-refractivity contribution in [3.8, 4) is 0 Å². The molecule has 0 saturated heterocycles. The van der Waals surface area contributed by atoms with Crippen LogP contribution in [0.1, 0.15) is 80.1 Å². The highest BCUT2D eigenvalue weighted by molar-refractivity contribution is 4.75. The molecule has 122 valence electrons. The zero-order valence-corrected chi connectivity index (χ0v) is 15.0. The van der Waals surface area contributed by atoms with E-state index in [0.29, 0.717) is 5.41 Å². The second kappa shape index (κ2) is 10.6. The first-order chi connectivity index (χ1) is 9.36. The van der Waals surface area contributed by atoms with Gasteiger partial charge in [-0.3, -0.25) is 0 Å². The first kappa shape index (κ1) is 19.9. The maximum Gasteiger partial charge on any atom is 0.00643 e. The minimum absolute atomic E-state index is 0.393. The average Bonchev–Trinajstić information content (AvgIpc) is 2.39. The molecule has 0 aromatic carbocycles. The predicted molar refractivity (Wildman–Crippen MR) is 92.1 cm³/mol. The van der Waals surface area contributed by atoms with Gasteiger partial charge in [0.05, 0.1) is 0 Å². The third-order valence-electron chi connectivity index (χ3n) is 4.75. The van der Waals surface area contributed by atoms with Crippen LogP contribution in [0.2, 0.25) is 0 Å². The van der Waals surface area contributed by atoms with E-state index in [1.807, 2.05) is 0 Å². The van der Waals surface area contributed by atoms with Crippen molar-refractivity contribution in [1.82, 2.24) is 4.90 Å². The molecule has 2 unspecified atom stereocenters. The maximum atomic E-state index is 5.78. The summed E-state index contributed by atoms with van der Waals surface area (Å²) in [6.45, 7) is 17.4. The molecule has 0 saturated carbocycles. The number of rotatable bonds is 11. The molecule has 2 atom stereocenters. The van der Waals surface area contributed by atoms with Gasteiger partial charge >= 0.3 is 0 Å². The van der Waals surface area contributed by atoms with Crippen molar-refractivity contribution in [1.29, 1.82) is 0 Å². The fourth-order valence-electron chi connectivity index (χ4n) is 2.92. The molecule has 0 spiro atoms. The Morgan fingerprint density at radius 1 is 1.00 bits per heavy atom. The third kappa shape index (κ3) is 8.26. The van der Waals surface area contributed by atoms with E-state index in [-0.39, 0.29) is 0 Å². The Labute approximate surface area is 128 Å². The van der Waals surface area contributed by atoms with Crippen molar-refractivity contribution in [2.24, 2.45) is 17.1 Å². The Kier molecular flexibility index (Phi) is 10.6. The number of unbranched alkanes of at least 4 members (excludes halogenated alkanes) is 1. The summed E-state index contributed by atoms with van der Waals surface area (Å²) in [6, 6.07) is 0.726. The summed E-state index contributed by atoms with van der Waals surface area (Å²) in [4.78, 5) is 2.69. The average molecular weight is 285 g/mol. The lowest BCUT2D eigenvalue weighted by Gasteiger charge is -2.33. The standard InChI is InChI=1S/C18H40N2/c1-7-9-14-20(16(3)8-2)15-10-11-17(12-13-19)18(4,5)6/h16-17H,7-15,19H2,1-6H3. The lowest BCUT2D eigenvalue weighted by molar-refractivity contribution is 0.169. The molecule has 0 amide bonds.